The lowest BCUT2D eigenvalue weighted by Crippen LogP contribution is -2.39. The predicted octanol–water partition coefficient (Wildman–Crippen LogP) is 2.16. The zero-order valence-electron chi connectivity index (χ0n) is 12.9. The van der Waals surface area contributed by atoms with Crippen molar-refractivity contribution in [3.05, 3.63) is 48.2 Å². The molecule has 1 aliphatic heterocycles. The summed E-state index contributed by atoms with van der Waals surface area (Å²) in [5.41, 5.74) is 0.377. The van der Waals surface area contributed by atoms with Crippen molar-refractivity contribution in [3.63, 3.8) is 0 Å². The van der Waals surface area contributed by atoms with Crippen LogP contribution in [-0.2, 0) is 4.79 Å². The number of carbonyl (C=O) groups is 2. The molecule has 7 nitrogen and oxygen atoms in total. The Balaban J connectivity index is 1.57. The van der Waals surface area contributed by atoms with Gasteiger partial charge in [-0.2, -0.15) is 4.39 Å². The molecule has 1 saturated heterocycles. The Labute approximate surface area is 141 Å². The van der Waals surface area contributed by atoms with E-state index in [9.17, 15) is 18.4 Å². The van der Waals surface area contributed by atoms with Crippen LogP contribution in [0.25, 0.3) is 0 Å². The fraction of sp³-hybridized carbons (Fsp3) is 0.188. The number of urea groups is 1. The molecule has 2 heterocycles. The first-order valence-electron chi connectivity index (χ1n) is 7.43. The molecule has 0 bridgehead atoms. The van der Waals surface area contributed by atoms with Gasteiger partial charge in [0.25, 0.3) is 0 Å². The van der Waals surface area contributed by atoms with Crippen molar-refractivity contribution >= 4 is 17.6 Å². The lowest BCUT2D eigenvalue weighted by molar-refractivity contribution is -0.119. The number of nitrogens with one attached hydrogen (secondary N) is 3. The number of ether oxygens (including phenoxy) is 1. The van der Waals surface area contributed by atoms with Crippen molar-refractivity contribution < 1.29 is 23.1 Å². The van der Waals surface area contributed by atoms with Crippen LogP contribution < -0.4 is 20.7 Å². The molecule has 0 spiro atoms. The largest absolute Gasteiger partial charge is 0.436 e. The number of nitrogens with zero attached hydrogens (tertiary/aromatic N) is 1. The van der Waals surface area contributed by atoms with Gasteiger partial charge in [0, 0.05) is 19.0 Å². The maximum atomic E-state index is 13.5. The van der Waals surface area contributed by atoms with Gasteiger partial charge < -0.3 is 20.7 Å². The molecular weight excluding hydrogens is 334 g/mol. The Hall–Kier alpha value is -3.23. The highest BCUT2D eigenvalue weighted by atomic mass is 19.2. The van der Waals surface area contributed by atoms with E-state index >= 15 is 0 Å². The Kier molecular flexibility index (Phi) is 4.73. The first-order valence-corrected chi connectivity index (χ1v) is 7.43. The average Bonchev–Trinajstić information content (AvgIpc) is 2.98. The molecule has 2 aromatic rings. The molecule has 1 aromatic heterocycles. The molecule has 0 unspecified atom stereocenters. The van der Waals surface area contributed by atoms with Gasteiger partial charge in [-0.05, 0) is 18.2 Å². The molecule has 1 aliphatic rings. The second-order valence-corrected chi connectivity index (χ2v) is 5.34. The first kappa shape index (κ1) is 16.6. The maximum Gasteiger partial charge on any atom is 0.319 e. The van der Waals surface area contributed by atoms with Crippen LogP contribution in [0.3, 0.4) is 0 Å². The molecule has 3 N–H and O–H groups in total. The smallest absolute Gasteiger partial charge is 0.319 e. The third kappa shape index (κ3) is 4.19. The molecule has 1 aromatic carbocycles. The number of hydrogen-bond donors (Lipinski definition) is 3. The van der Waals surface area contributed by atoms with Crippen LogP contribution in [0.2, 0.25) is 0 Å². The van der Waals surface area contributed by atoms with Gasteiger partial charge in [0.05, 0.1) is 17.9 Å². The van der Waals surface area contributed by atoms with Gasteiger partial charge in [0.15, 0.2) is 11.6 Å². The van der Waals surface area contributed by atoms with E-state index in [-0.39, 0.29) is 30.0 Å². The minimum Gasteiger partial charge on any atom is -0.436 e. The third-order valence-corrected chi connectivity index (χ3v) is 3.44. The zero-order chi connectivity index (χ0) is 17.8. The van der Waals surface area contributed by atoms with E-state index in [0.29, 0.717) is 12.2 Å². The Morgan fingerprint density at radius 2 is 2.12 bits per heavy atom. The predicted molar refractivity (Wildman–Crippen MR) is 84.2 cm³/mol. The van der Waals surface area contributed by atoms with Gasteiger partial charge in [-0.15, -0.1) is 0 Å². The van der Waals surface area contributed by atoms with E-state index in [2.05, 4.69) is 20.9 Å². The second-order valence-electron chi connectivity index (χ2n) is 5.34. The van der Waals surface area contributed by atoms with Crippen molar-refractivity contribution in [1.29, 1.82) is 0 Å². The van der Waals surface area contributed by atoms with Gasteiger partial charge in [-0.1, -0.05) is 6.07 Å². The van der Waals surface area contributed by atoms with Crippen LogP contribution in [0.5, 0.6) is 11.6 Å². The Bertz CT molecular complexity index is 798. The van der Waals surface area contributed by atoms with E-state index in [1.165, 1.54) is 30.5 Å². The molecule has 130 valence electrons. The highest BCUT2D eigenvalue weighted by molar-refractivity contribution is 5.90. The van der Waals surface area contributed by atoms with Crippen molar-refractivity contribution in [1.82, 2.24) is 15.6 Å². The van der Waals surface area contributed by atoms with Crippen LogP contribution in [0.4, 0.5) is 19.3 Å². The van der Waals surface area contributed by atoms with Gasteiger partial charge >= 0.3 is 6.03 Å². The maximum absolute atomic E-state index is 13.5. The summed E-state index contributed by atoms with van der Waals surface area (Å²) in [6.45, 7) is 0.385. The summed E-state index contributed by atoms with van der Waals surface area (Å²) in [5.74, 6) is -2.48. The topological polar surface area (TPSA) is 92.4 Å². The van der Waals surface area contributed by atoms with E-state index in [1.807, 2.05) is 0 Å². The highest BCUT2D eigenvalue weighted by Crippen LogP contribution is 2.25. The van der Waals surface area contributed by atoms with Gasteiger partial charge in [-0.25, -0.2) is 14.2 Å². The lowest BCUT2D eigenvalue weighted by atomic mass is 10.2. The summed E-state index contributed by atoms with van der Waals surface area (Å²) < 4.78 is 31.8. The van der Waals surface area contributed by atoms with E-state index in [0.717, 1.165) is 6.07 Å². The van der Waals surface area contributed by atoms with Crippen molar-refractivity contribution in [2.24, 2.45) is 0 Å². The third-order valence-electron chi connectivity index (χ3n) is 3.44. The normalized spacial score (nSPS) is 16.2. The number of pyridine rings is 1. The van der Waals surface area contributed by atoms with E-state index in [4.69, 9.17) is 4.74 Å². The first-order chi connectivity index (χ1) is 12.0. The second kappa shape index (κ2) is 7.12. The quantitative estimate of drug-likeness (QED) is 0.789. The van der Waals surface area contributed by atoms with Crippen LogP contribution in [0, 0.1) is 11.6 Å². The zero-order valence-corrected chi connectivity index (χ0v) is 12.9. The summed E-state index contributed by atoms with van der Waals surface area (Å²) in [6.07, 6.45) is 1.54. The molecule has 25 heavy (non-hydrogen) atoms. The number of benzene rings is 1. The molecule has 0 aliphatic carbocycles. The number of amides is 3. The van der Waals surface area contributed by atoms with Crippen molar-refractivity contribution in [3.8, 4) is 11.6 Å². The van der Waals surface area contributed by atoms with Gasteiger partial charge in [-0.3, -0.25) is 4.79 Å². The number of anilines is 1. The van der Waals surface area contributed by atoms with Gasteiger partial charge in [0.1, 0.15) is 0 Å². The number of halogens is 2. The van der Waals surface area contributed by atoms with Crippen LogP contribution in [0.15, 0.2) is 36.5 Å². The molecular formula is C16H14F2N4O3. The lowest BCUT2D eigenvalue weighted by Gasteiger charge is -2.12. The SMILES string of the molecule is O=C1C[C@@H](NC(=O)Nc2ccc(Oc3cccc(F)c3F)nc2)CN1. The number of hydrogen-bond acceptors (Lipinski definition) is 4. The summed E-state index contributed by atoms with van der Waals surface area (Å²) in [5, 5.41) is 7.81. The van der Waals surface area contributed by atoms with Crippen molar-refractivity contribution in [2.75, 3.05) is 11.9 Å². The summed E-state index contributed by atoms with van der Waals surface area (Å²) in [6, 6.07) is 5.73. The number of rotatable bonds is 4. The standard InChI is InChI=1S/C16H14F2N4O3/c17-11-2-1-3-12(15(11)18)25-14-5-4-9(7-20-14)21-16(24)22-10-6-13(23)19-8-10/h1-5,7,10H,6,8H2,(H,19,23)(H2,21,22,24)/t10-/m1/s1. The molecule has 0 radical (unpaired) electrons. The van der Waals surface area contributed by atoms with E-state index in [1.54, 1.807) is 0 Å². The molecule has 0 saturated carbocycles. The summed E-state index contributed by atoms with van der Waals surface area (Å²) >= 11 is 0. The highest BCUT2D eigenvalue weighted by Gasteiger charge is 2.22. The number of aromatic nitrogens is 1. The molecule has 9 heteroatoms. The Morgan fingerprint density at radius 3 is 2.80 bits per heavy atom. The number of carbonyl (C=O) groups excluding carboxylic acids is 2. The minimum atomic E-state index is -1.11. The van der Waals surface area contributed by atoms with Crippen LogP contribution >= 0.6 is 0 Å². The fourth-order valence-electron chi connectivity index (χ4n) is 2.25. The fourth-order valence-corrected chi connectivity index (χ4v) is 2.25. The summed E-state index contributed by atoms with van der Waals surface area (Å²) in [4.78, 5) is 26.8. The molecule has 3 amide bonds. The molecule has 1 atom stereocenters. The summed E-state index contributed by atoms with van der Waals surface area (Å²) in [7, 11) is 0. The van der Waals surface area contributed by atoms with Gasteiger partial charge in [0.2, 0.25) is 17.6 Å². The van der Waals surface area contributed by atoms with E-state index < -0.39 is 17.7 Å². The van der Waals surface area contributed by atoms with Crippen LogP contribution in [-0.4, -0.2) is 29.5 Å². The minimum absolute atomic E-state index is 0.0426. The van der Waals surface area contributed by atoms with Crippen LogP contribution in [0.1, 0.15) is 6.42 Å². The molecule has 1 fully saturated rings. The average molecular weight is 348 g/mol. The van der Waals surface area contributed by atoms with Crippen molar-refractivity contribution in [2.45, 2.75) is 12.5 Å². The Morgan fingerprint density at radius 1 is 1.28 bits per heavy atom. The monoisotopic (exact) mass is 348 g/mol. The molecule has 3 rings (SSSR count).